The Morgan fingerprint density at radius 2 is 1.18 bits per heavy atom. The molecule has 0 saturated carbocycles. The second kappa shape index (κ2) is 16.0. The summed E-state index contributed by atoms with van der Waals surface area (Å²) < 4.78 is 158. The van der Waals surface area contributed by atoms with E-state index in [1.54, 1.807) is 48.5 Å². The first kappa shape index (κ1) is 41.8. The van der Waals surface area contributed by atoms with Crippen molar-refractivity contribution < 1.29 is 62.8 Å². The maximum Gasteiger partial charge on any atom is 0.460 e. The molecule has 1 heterocycles. The highest BCUT2D eigenvalue weighted by Crippen LogP contribution is 2.55. The van der Waals surface area contributed by atoms with Gasteiger partial charge in [-0.25, -0.2) is 18.6 Å². The lowest BCUT2D eigenvalue weighted by Crippen LogP contribution is -2.61. The third-order valence-electron chi connectivity index (χ3n) is 9.15. The predicted octanol–water partition coefficient (Wildman–Crippen LogP) is 12.4. The molecule has 0 bridgehead atoms. The number of halogens is 11. The van der Waals surface area contributed by atoms with Crippen LogP contribution < -0.4 is 9.64 Å². The summed E-state index contributed by atoms with van der Waals surface area (Å²) >= 11 is 0. The molecule has 1 aliphatic heterocycles. The van der Waals surface area contributed by atoms with Gasteiger partial charge in [-0.1, -0.05) is 54.6 Å². The standard InChI is InChI=1S/C40H38F11NO3/c1-36(2,3)55-54-34(23-37(43,44)38(45,46)39(47,48)40(49,50)51)26-9-11-27(12-10-26)35-28(24-52(35)31-20-18-30(42)19-21-31)15-22-33(25-13-16-29(41)17-14-25)53-32-7-5-4-6-8-32/h4-14,16-21,28,33-35H,15,22-24H2,1-3H3/t28-,33+,34?,35-/m0/s1. The molecule has 1 fully saturated rings. The topological polar surface area (TPSA) is 30.9 Å². The molecule has 4 nitrogen and oxygen atoms in total. The fourth-order valence-electron chi connectivity index (χ4n) is 6.27. The third-order valence-corrected chi connectivity index (χ3v) is 9.15. The van der Waals surface area contributed by atoms with Crippen LogP contribution in [0.3, 0.4) is 0 Å². The van der Waals surface area contributed by atoms with Crippen molar-refractivity contribution in [2.75, 3.05) is 11.4 Å². The number of hydrogen-bond donors (Lipinski definition) is 0. The third kappa shape index (κ3) is 9.54. The van der Waals surface area contributed by atoms with E-state index in [9.17, 15) is 48.3 Å². The van der Waals surface area contributed by atoms with Crippen LogP contribution in [-0.2, 0) is 9.78 Å². The first-order valence-corrected chi connectivity index (χ1v) is 17.2. The number of benzene rings is 4. The van der Waals surface area contributed by atoms with Crippen molar-refractivity contribution in [3.63, 3.8) is 0 Å². The number of rotatable bonds is 15. The Balaban J connectivity index is 1.43. The molecule has 55 heavy (non-hydrogen) atoms. The fraction of sp³-hybridized carbons (Fsp3) is 0.400. The Labute approximate surface area is 310 Å². The first-order chi connectivity index (χ1) is 25.6. The zero-order valence-electron chi connectivity index (χ0n) is 29.8. The minimum atomic E-state index is -7.06. The average Bonchev–Trinajstić information content (AvgIpc) is 3.10. The van der Waals surface area contributed by atoms with Gasteiger partial charge in [-0.05, 0) is 98.8 Å². The van der Waals surface area contributed by atoms with E-state index in [1.807, 2.05) is 11.0 Å². The van der Waals surface area contributed by atoms with Gasteiger partial charge in [0.1, 0.15) is 29.6 Å². The Morgan fingerprint density at radius 1 is 0.655 bits per heavy atom. The first-order valence-electron chi connectivity index (χ1n) is 17.2. The van der Waals surface area contributed by atoms with Gasteiger partial charge in [-0.15, -0.1) is 0 Å². The van der Waals surface area contributed by atoms with Crippen molar-refractivity contribution >= 4 is 5.69 Å². The van der Waals surface area contributed by atoms with E-state index >= 15 is 0 Å². The number of nitrogens with zero attached hydrogens (tertiary/aromatic N) is 1. The molecule has 1 unspecified atom stereocenters. The molecule has 0 radical (unpaired) electrons. The van der Waals surface area contributed by atoms with Crippen LogP contribution in [0.2, 0.25) is 0 Å². The Hall–Kier alpha value is -4.37. The fourth-order valence-corrected chi connectivity index (χ4v) is 6.27. The minimum Gasteiger partial charge on any atom is -0.486 e. The van der Waals surface area contributed by atoms with Gasteiger partial charge in [-0.2, -0.15) is 39.5 Å². The number of anilines is 1. The normalized spacial score (nSPS) is 18.1. The van der Waals surface area contributed by atoms with Crippen molar-refractivity contribution in [2.45, 2.75) is 87.8 Å². The van der Waals surface area contributed by atoms with Crippen LogP contribution in [0, 0.1) is 17.6 Å². The molecular weight excluding hydrogens is 751 g/mol. The van der Waals surface area contributed by atoms with Crippen LogP contribution >= 0.6 is 0 Å². The molecule has 0 N–H and O–H groups in total. The van der Waals surface area contributed by atoms with E-state index in [0.29, 0.717) is 36.4 Å². The summed E-state index contributed by atoms with van der Waals surface area (Å²) in [5.41, 5.74) is 0.462. The highest BCUT2D eigenvalue weighted by Gasteiger charge is 2.81. The lowest BCUT2D eigenvalue weighted by molar-refractivity contribution is -0.413. The monoisotopic (exact) mass is 789 g/mol. The quantitative estimate of drug-likeness (QED) is 0.0682. The Morgan fingerprint density at radius 3 is 1.73 bits per heavy atom. The average molecular weight is 790 g/mol. The number of ether oxygens (including phenoxy) is 1. The van der Waals surface area contributed by atoms with Gasteiger partial charge in [-0.3, -0.25) is 0 Å². The molecule has 1 saturated heterocycles. The van der Waals surface area contributed by atoms with Crippen molar-refractivity contribution in [1.82, 2.24) is 0 Å². The summed E-state index contributed by atoms with van der Waals surface area (Å²) in [6, 6.07) is 25.5. The molecule has 0 amide bonds. The van der Waals surface area contributed by atoms with Gasteiger partial charge in [0.2, 0.25) is 0 Å². The van der Waals surface area contributed by atoms with Gasteiger partial charge in [0.25, 0.3) is 0 Å². The van der Waals surface area contributed by atoms with Crippen molar-refractivity contribution in [3.05, 3.63) is 131 Å². The van der Waals surface area contributed by atoms with Gasteiger partial charge < -0.3 is 9.64 Å². The van der Waals surface area contributed by atoms with Gasteiger partial charge >= 0.3 is 23.9 Å². The molecule has 0 aliphatic carbocycles. The second-order valence-corrected chi connectivity index (χ2v) is 14.4. The van der Waals surface area contributed by atoms with E-state index in [1.165, 1.54) is 69.3 Å². The van der Waals surface area contributed by atoms with E-state index < -0.39 is 65.8 Å². The molecule has 298 valence electrons. The minimum absolute atomic E-state index is 0.0953. The van der Waals surface area contributed by atoms with Gasteiger partial charge in [0.15, 0.2) is 0 Å². The van der Waals surface area contributed by atoms with Gasteiger partial charge in [0, 0.05) is 18.2 Å². The van der Waals surface area contributed by atoms with Crippen molar-refractivity contribution in [3.8, 4) is 5.75 Å². The predicted molar refractivity (Wildman–Crippen MR) is 182 cm³/mol. The van der Waals surface area contributed by atoms with E-state index in [-0.39, 0.29) is 11.5 Å². The van der Waals surface area contributed by atoms with Crippen LogP contribution in [0.15, 0.2) is 103 Å². The summed E-state index contributed by atoms with van der Waals surface area (Å²) in [5, 5.41) is 0. The highest BCUT2D eigenvalue weighted by atomic mass is 19.4. The second-order valence-electron chi connectivity index (χ2n) is 14.4. The smallest absolute Gasteiger partial charge is 0.460 e. The van der Waals surface area contributed by atoms with Crippen molar-refractivity contribution in [2.24, 2.45) is 5.92 Å². The van der Waals surface area contributed by atoms with Crippen LogP contribution in [0.25, 0.3) is 0 Å². The number of para-hydroxylation sites is 1. The summed E-state index contributed by atoms with van der Waals surface area (Å²) in [6.07, 6.45) is -11.0. The Kier molecular flexibility index (Phi) is 12.2. The van der Waals surface area contributed by atoms with E-state index in [4.69, 9.17) is 14.5 Å². The maximum atomic E-state index is 14.9. The molecule has 1 aliphatic rings. The summed E-state index contributed by atoms with van der Waals surface area (Å²) in [7, 11) is 0. The van der Waals surface area contributed by atoms with Crippen LogP contribution in [0.1, 0.15) is 75.0 Å². The summed E-state index contributed by atoms with van der Waals surface area (Å²) in [4.78, 5) is 12.0. The lowest BCUT2D eigenvalue weighted by Gasteiger charge is -2.50. The molecule has 5 rings (SSSR count). The molecule has 0 spiro atoms. The molecule has 15 heteroatoms. The number of hydrogen-bond acceptors (Lipinski definition) is 4. The van der Waals surface area contributed by atoms with Crippen LogP contribution in [0.5, 0.6) is 5.75 Å². The largest absolute Gasteiger partial charge is 0.486 e. The lowest BCUT2D eigenvalue weighted by atomic mass is 9.78. The van der Waals surface area contributed by atoms with Crippen LogP contribution in [-0.4, -0.2) is 36.1 Å². The van der Waals surface area contributed by atoms with E-state index in [2.05, 4.69) is 0 Å². The molecule has 0 aromatic heterocycles. The summed E-state index contributed by atoms with van der Waals surface area (Å²) in [5.74, 6) is -20.2. The zero-order chi connectivity index (χ0) is 40.4. The van der Waals surface area contributed by atoms with Gasteiger partial charge in [0.05, 0.1) is 18.1 Å². The SMILES string of the molecule is CC(C)(C)OOC(CC(F)(F)C(F)(F)C(F)(F)C(F)(F)F)c1ccc([C@H]2[C@@H](CC[C@@H](Oc3ccccc3)c3ccc(F)cc3)CN2c2ccc(F)cc2)cc1. The van der Waals surface area contributed by atoms with Crippen molar-refractivity contribution in [1.29, 1.82) is 0 Å². The Bertz CT molecular complexity index is 1830. The molecule has 4 aromatic rings. The zero-order valence-corrected chi connectivity index (χ0v) is 29.8. The molecule has 4 aromatic carbocycles. The highest BCUT2D eigenvalue weighted by molar-refractivity contribution is 5.53. The van der Waals surface area contributed by atoms with E-state index in [0.717, 1.165) is 5.56 Å². The summed E-state index contributed by atoms with van der Waals surface area (Å²) in [6.45, 7) is 4.71. The number of alkyl halides is 9. The van der Waals surface area contributed by atoms with Crippen LogP contribution in [0.4, 0.5) is 54.0 Å². The molecule has 4 atom stereocenters. The maximum absolute atomic E-state index is 14.9. The molecular formula is C40H38F11NO3.